The number of aliphatic hydroxyl groups excluding tert-OH is 2. The van der Waals surface area contributed by atoms with E-state index in [0.717, 1.165) is 6.33 Å². The van der Waals surface area contributed by atoms with Gasteiger partial charge in [-0.3, -0.25) is 4.79 Å². The van der Waals surface area contributed by atoms with Crippen LogP contribution in [0, 0.1) is 0 Å². The molecule has 1 saturated heterocycles. The van der Waals surface area contributed by atoms with E-state index in [-0.39, 0.29) is 22.4 Å². The lowest BCUT2D eigenvalue weighted by atomic mass is 10.1. The van der Waals surface area contributed by atoms with E-state index in [1.165, 1.54) is 10.8 Å². The third-order valence-corrected chi connectivity index (χ3v) is 3.65. The molecular weight excluding hydrogens is 297 g/mol. The van der Waals surface area contributed by atoms with Crippen molar-refractivity contribution < 1.29 is 24.1 Å². The molecule has 4 atom stereocenters. The van der Waals surface area contributed by atoms with Crippen molar-refractivity contribution in [3.63, 3.8) is 0 Å². The Balaban J connectivity index is 2.16. The number of carbonyl (C=O) groups is 1. The summed E-state index contributed by atoms with van der Waals surface area (Å²) in [6, 6.07) is 0. The number of primary amides is 1. The minimum atomic E-state index is -1.77. The monoisotopic (exact) mass is 311 g/mol. The highest BCUT2D eigenvalue weighted by Gasteiger charge is 2.45. The maximum atomic E-state index is 13.9. The summed E-state index contributed by atoms with van der Waals surface area (Å²) >= 11 is 0. The molecule has 0 saturated carbocycles. The van der Waals surface area contributed by atoms with Crippen LogP contribution in [-0.4, -0.2) is 55.6 Å². The van der Waals surface area contributed by atoms with E-state index in [1.807, 2.05) is 0 Å². The lowest BCUT2D eigenvalue weighted by Crippen LogP contribution is -2.29. The van der Waals surface area contributed by atoms with Crippen LogP contribution in [0.15, 0.2) is 12.5 Å². The van der Waals surface area contributed by atoms with Gasteiger partial charge in [0, 0.05) is 6.20 Å². The van der Waals surface area contributed by atoms with Gasteiger partial charge in [0.1, 0.15) is 30.0 Å². The van der Waals surface area contributed by atoms with Crippen molar-refractivity contribution in [1.82, 2.24) is 14.5 Å². The topological polar surface area (TPSA) is 150 Å². The highest BCUT2D eigenvalue weighted by molar-refractivity contribution is 6.08. The Morgan fingerprint density at radius 2 is 2.23 bits per heavy atom. The molecule has 0 aromatic carbocycles. The highest BCUT2D eigenvalue weighted by atomic mass is 19.1. The van der Waals surface area contributed by atoms with E-state index in [4.69, 9.17) is 21.3 Å². The summed E-state index contributed by atoms with van der Waals surface area (Å²) in [6.45, 7) is -0.590. The normalized spacial score (nSPS) is 28.3. The molecular formula is C12H14FN5O4. The summed E-state index contributed by atoms with van der Waals surface area (Å²) in [5, 5.41) is 19.2. The lowest BCUT2D eigenvalue weighted by Gasteiger charge is -2.16. The van der Waals surface area contributed by atoms with Gasteiger partial charge >= 0.3 is 0 Å². The summed E-state index contributed by atoms with van der Waals surface area (Å²) in [5.41, 5.74) is 11.2. The predicted octanol–water partition coefficient (Wildman–Crippen LogP) is -1.30. The van der Waals surface area contributed by atoms with Crippen LogP contribution in [0.3, 0.4) is 0 Å². The van der Waals surface area contributed by atoms with Crippen molar-refractivity contribution in [1.29, 1.82) is 0 Å². The van der Waals surface area contributed by atoms with Crippen molar-refractivity contribution >= 4 is 22.8 Å². The number of fused-ring (bicyclic) bond motifs is 1. The van der Waals surface area contributed by atoms with Gasteiger partial charge in [-0.05, 0) is 0 Å². The van der Waals surface area contributed by atoms with E-state index in [9.17, 15) is 14.3 Å². The molecule has 0 radical (unpaired) electrons. The fourth-order valence-corrected chi connectivity index (χ4v) is 2.57. The van der Waals surface area contributed by atoms with Crippen molar-refractivity contribution in [2.24, 2.45) is 5.73 Å². The summed E-state index contributed by atoms with van der Waals surface area (Å²) in [7, 11) is 0. The zero-order valence-electron chi connectivity index (χ0n) is 11.3. The molecule has 1 aliphatic heterocycles. The number of aromatic nitrogens is 3. The molecule has 2 aromatic heterocycles. The summed E-state index contributed by atoms with van der Waals surface area (Å²) in [4.78, 5) is 19.3. The number of alkyl halides is 1. The Morgan fingerprint density at radius 1 is 1.50 bits per heavy atom. The minimum Gasteiger partial charge on any atom is -0.394 e. The Labute approximate surface area is 123 Å². The molecule has 3 heterocycles. The molecule has 1 fully saturated rings. The molecule has 0 spiro atoms. The zero-order valence-corrected chi connectivity index (χ0v) is 11.3. The van der Waals surface area contributed by atoms with Crippen LogP contribution >= 0.6 is 0 Å². The second-order valence-electron chi connectivity index (χ2n) is 4.95. The van der Waals surface area contributed by atoms with Crippen LogP contribution < -0.4 is 11.5 Å². The number of ether oxygens (including phenoxy) is 1. The Hall–Kier alpha value is -2.30. The zero-order chi connectivity index (χ0) is 16.0. The SMILES string of the molecule is NC(=O)c1cn([C@@H]2O[C@H](CO)[C@@H](F)[C@H]2O)c2ncnc(N)c12. The molecule has 3 rings (SSSR count). The average Bonchev–Trinajstić information content (AvgIpc) is 3.00. The van der Waals surface area contributed by atoms with Crippen molar-refractivity contribution in [2.75, 3.05) is 12.3 Å². The van der Waals surface area contributed by atoms with Crippen LogP contribution in [0.4, 0.5) is 10.2 Å². The molecule has 22 heavy (non-hydrogen) atoms. The van der Waals surface area contributed by atoms with Gasteiger partial charge in [0.05, 0.1) is 17.6 Å². The maximum absolute atomic E-state index is 13.9. The van der Waals surface area contributed by atoms with Crippen molar-refractivity contribution in [3.8, 4) is 0 Å². The van der Waals surface area contributed by atoms with Gasteiger partial charge in [-0.2, -0.15) is 0 Å². The number of rotatable bonds is 3. The molecule has 6 N–H and O–H groups in total. The van der Waals surface area contributed by atoms with Gasteiger partial charge in [-0.1, -0.05) is 0 Å². The molecule has 2 aromatic rings. The van der Waals surface area contributed by atoms with E-state index < -0.39 is 37.1 Å². The number of aliphatic hydroxyl groups is 2. The molecule has 9 nitrogen and oxygen atoms in total. The fraction of sp³-hybridized carbons (Fsp3) is 0.417. The number of hydrogen-bond acceptors (Lipinski definition) is 7. The number of halogens is 1. The number of carbonyl (C=O) groups excluding carboxylic acids is 1. The Kier molecular flexibility index (Phi) is 3.43. The first-order valence-electron chi connectivity index (χ1n) is 6.45. The highest BCUT2D eigenvalue weighted by Crippen LogP contribution is 2.35. The van der Waals surface area contributed by atoms with Crippen LogP contribution in [-0.2, 0) is 4.74 Å². The van der Waals surface area contributed by atoms with Crippen LogP contribution in [0.25, 0.3) is 11.0 Å². The van der Waals surface area contributed by atoms with E-state index in [1.54, 1.807) is 0 Å². The Morgan fingerprint density at radius 3 is 2.82 bits per heavy atom. The van der Waals surface area contributed by atoms with Gasteiger partial charge in [-0.15, -0.1) is 0 Å². The molecule has 1 amide bonds. The van der Waals surface area contributed by atoms with Crippen LogP contribution in [0.2, 0.25) is 0 Å². The summed E-state index contributed by atoms with van der Waals surface area (Å²) in [5.74, 6) is -0.742. The fourth-order valence-electron chi connectivity index (χ4n) is 2.57. The lowest BCUT2D eigenvalue weighted by molar-refractivity contribution is -0.0493. The average molecular weight is 311 g/mol. The number of nitrogens with zero attached hydrogens (tertiary/aromatic N) is 3. The van der Waals surface area contributed by atoms with Gasteiger partial charge < -0.3 is 31.0 Å². The third-order valence-electron chi connectivity index (χ3n) is 3.65. The summed E-state index contributed by atoms with van der Waals surface area (Å²) < 4.78 is 20.4. The first-order valence-corrected chi connectivity index (χ1v) is 6.45. The Bertz CT molecular complexity index is 736. The first kappa shape index (κ1) is 14.6. The molecule has 10 heteroatoms. The number of anilines is 1. The van der Waals surface area contributed by atoms with E-state index in [0.29, 0.717) is 0 Å². The molecule has 1 aliphatic rings. The van der Waals surface area contributed by atoms with Gasteiger partial charge in [0.2, 0.25) is 0 Å². The second kappa shape index (κ2) is 5.16. The standard InChI is InChI=1S/C12H14FN5O4/c13-7-5(2-19)22-12(8(7)20)18-1-4(10(15)21)6-9(14)16-3-17-11(6)18/h1,3,5,7-8,12,19-20H,2H2,(H2,15,21)(H2,14,16,17)/t5-,7-,8-,12-/m1/s1. The third kappa shape index (κ3) is 2.00. The van der Waals surface area contributed by atoms with E-state index in [2.05, 4.69) is 9.97 Å². The minimum absolute atomic E-state index is 0.0283. The quantitative estimate of drug-likeness (QED) is 0.550. The first-order chi connectivity index (χ1) is 10.5. The van der Waals surface area contributed by atoms with Gasteiger partial charge in [-0.25, -0.2) is 14.4 Å². The number of nitrogen functional groups attached to an aromatic ring is 1. The number of nitrogens with two attached hydrogens (primary N) is 2. The van der Waals surface area contributed by atoms with Gasteiger partial charge in [0.25, 0.3) is 5.91 Å². The predicted molar refractivity (Wildman–Crippen MR) is 72.4 cm³/mol. The molecule has 118 valence electrons. The summed E-state index contributed by atoms with van der Waals surface area (Å²) in [6.07, 6.45) is -3.21. The van der Waals surface area contributed by atoms with Crippen molar-refractivity contribution in [2.45, 2.75) is 24.6 Å². The maximum Gasteiger partial charge on any atom is 0.251 e. The smallest absolute Gasteiger partial charge is 0.251 e. The van der Waals surface area contributed by atoms with Crippen molar-refractivity contribution in [3.05, 3.63) is 18.1 Å². The number of amides is 1. The molecule has 0 aliphatic carbocycles. The molecule has 0 unspecified atom stereocenters. The van der Waals surface area contributed by atoms with Gasteiger partial charge in [0.15, 0.2) is 12.4 Å². The second-order valence-corrected chi connectivity index (χ2v) is 4.95. The van der Waals surface area contributed by atoms with Crippen LogP contribution in [0.5, 0.6) is 0 Å². The van der Waals surface area contributed by atoms with E-state index >= 15 is 0 Å². The largest absolute Gasteiger partial charge is 0.394 e. The van der Waals surface area contributed by atoms with Crippen LogP contribution in [0.1, 0.15) is 16.6 Å². The molecule has 0 bridgehead atoms. The number of hydrogen-bond donors (Lipinski definition) is 4.